The minimum Gasteiger partial charge on any atom is -0.255 e. The van der Waals surface area contributed by atoms with Crippen LogP contribution in [0.15, 0.2) is 30.5 Å². The van der Waals surface area contributed by atoms with E-state index < -0.39 is 0 Å². The molecule has 1 aromatic heterocycles. The summed E-state index contributed by atoms with van der Waals surface area (Å²) < 4.78 is 0. The van der Waals surface area contributed by atoms with Crippen LogP contribution < -0.4 is 0 Å². The maximum absolute atomic E-state index is 5.93. The smallest absolute Gasteiger partial charge is 0.0903 e. The Kier molecular flexibility index (Phi) is 1.91. The molecule has 0 unspecified atom stereocenters. The van der Waals surface area contributed by atoms with Crippen molar-refractivity contribution in [2.75, 3.05) is 0 Å². The van der Waals surface area contributed by atoms with Gasteiger partial charge in [-0.3, -0.25) is 4.98 Å². The lowest BCUT2D eigenvalue weighted by Gasteiger charge is -1.99. The molecule has 1 heterocycles. The Morgan fingerprint density at radius 1 is 1.08 bits per heavy atom. The number of hydrogen-bond donors (Lipinski definition) is 0. The molecule has 0 bridgehead atoms. The summed E-state index contributed by atoms with van der Waals surface area (Å²) in [7, 11) is 0. The lowest BCUT2D eigenvalue weighted by atomic mass is 10.2. The van der Waals surface area contributed by atoms with E-state index in [-0.39, 0.29) is 0 Å². The highest BCUT2D eigenvalue weighted by molar-refractivity contribution is 6.44. The fourth-order valence-corrected chi connectivity index (χ4v) is 1.46. The molecule has 0 aliphatic carbocycles. The molecule has 0 saturated carbocycles. The van der Waals surface area contributed by atoms with Crippen molar-refractivity contribution >= 4 is 34.1 Å². The largest absolute Gasteiger partial charge is 0.255 e. The first-order valence-electron chi connectivity index (χ1n) is 3.48. The molecule has 2 rings (SSSR count). The second kappa shape index (κ2) is 2.92. The first-order chi connectivity index (χ1) is 5.79. The van der Waals surface area contributed by atoms with Crippen LogP contribution in [0.5, 0.6) is 0 Å². The average Bonchev–Trinajstić information content (AvgIpc) is 2.12. The minimum absolute atomic E-state index is 0.523. The maximum atomic E-state index is 5.93. The third-order valence-corrected chi connectivity index (χ3v) is 2.46. The van der Waals surface area contributed by atoms with Crippen LogP contribution in [0.2, 0.25) is 10.0 Å². The van der Waals surface area contributed by atoms with E-state index >= 15 is 0 Å². The van der Waals surface area contributed by atoms with Gasteiger partial charge in [-0.25, -0.2) is 0 Å². The zero-order chi connectivity index (χ0) is 8.55. The molecule has 1 nitrogen and oxygen atoms in total. The Bertz CT molecular complexity index is 426. The van der Waals surface area contributed by atoms with Crippen molar-refractivity contribution in [1.82, 2.24) is 4.98 Å². The predicted molar refractivity (Wildman–Crippen MR) is 51.8 cm³/mol. The number of rotatable bonds is 0. The molecule has 2 aromatic rings. The highest BCUT2D eigenvalue weighted by Crippen LogP contribution is 2.28. The predicted octanol–water partition coefficient (Wildman–Crippen LogP) is 3.54. The van der Waals surface area contributed by atoms with Crippen LogP contribution in [-0.4, -0.2) is 4.98 Å². The third-order valence-electron chi connectivity index (χ3n) is 1.67. The van der Waals surface area contributed by atoms with Crippen LogP contribution >= 0.6 is 23.2 Å². The molecule has 0 spiro atoms. The molecule has 0 aliphatic heterocycles. The first-order valence-corrected chi connectivity index (χ1v) is 4.23. The molecular formula is C9H5Cl2N. The third kappa shape index (κ3) is 1.15. The van der Waals surface area contributed by atoms with E-state index in [0.29, 0.717) is 10.0 Å². The summed E-state index contributed by atoms with van der Waals surface area (Å²) in [4.78, 5) is 4.13. The molecule has 12 heavy (non-hydrogen) atoms. The van der Waals surface area contributed by atoms with Gasteiger partial charge < -0.3 is 0 Å². The number of pyridine rings is 1. The fraction of sp³-hybridized carbons (Fsp3) is 0. The van der Waals surface area contributed by atoms with E-state index in [4.69, 9.17) is 23.2 Å². The van der Waals surface area contributed by atoms with Gasteiger partial charge >= 0.3 is 0 Å². The van der Waals surface area contributed by atoms with Crippen LogP contribution in [-0.2, 0) is 0 Å². The Balaban J connectivity index is 2.91. The van der Waals surface area contributed by atoms with Crippen LogP contribution in [0.25, 0.3) is 10.9 Å². The zero-order valence-electron chi connectivity index (χ0n) is 6.09. The molecule has 60 valence electrons. The van der Waals surface area contributed by atoms with Crippen molar-refractivity contribution in [3.05, 3.63) is 40.5 Å². The van der Waals surface area contributed by atoms with Crippen LogP contribution in [0.4, 0.5) is 0 Å². The number of benzene rings is 1. The number of halogens is 2. The van der Waals surface area contributed by atoms with Crippen LogP contribution in [0.3, 0.4) is 0 Å². The standard InChI is InChI=1S/C9H5Cl2N/c10-7-4-3-6-2-1-5-12-9(6)8(7)11/h1-5H. The first kappa shape index (κ1) is 7.84. The highest BCUT2D eigenvalue weighted by atomic mass is 35.5. The van der Waals surface area contributed by atoms with Crippen molar-refractivity contribution in [1.29, 1.82) is 0 Å². The maximum Gasteiger partial charge on any atom is 0.0903 e. The van der Waals surface area contributed by atoms with E-state index in [0.717, 1.165) is 10.9 Å². The summed E-state index contributed by atoms with van der Waals surface area (Å²) in [6, 6.07) is 7.49. The SMILES string of the molecule is Clc1ccc2cccnc2c1Cl. The second-order valence-corrected chi connectivity index (χ2v) is 3.22. The number of hydrogen-bond acceptors (Lipinski definition) is 1. The van der Waals surface area contributed by atoms with Gasteiger partial charge in [0, 0.05) is 11.6 Å². The van der Waals surface area contributed by atoms with Gasteiger partial charge in [-0.15, -0.1) is 0 Å². The molecule has 0 fully saturated rings. The Hall–Kier alpha value is -0.790. The van der Waals surface area contributed by atoms with Crippen molar-refractivity contribution in [3.63, 3.8) is 0 Å². The summed E-state index contributed by atoms with van der Waals surface area (Å²) in [6.07, 6.45) is 1.70. The fourth-order valence-electron chi connectivity index (χ4n) is 1.08. The summed E-state index contributed by atoms with van der Waals surface area (Å²) in [5, 5.41) is 2.07. The van der Waals surface area contributed by atoms with Crippen LogP contribution in [0.1, 0.15) is 0 Å². The van der Waals surface area contributed by atoms with Gasteiger partial charge in [-0.05, 0) is 12.1 Å². The number of fused-ring (bicyclic) bond motifs is 1. The van der Waals surface area contributed by atoms with Gasteiger partial charge in [0.1, 0.15) is 0 Å². The quantitative estimate of drug-likeness (QED) is 0.630. The monoisotopic (exact) mass is 197 g/mol. The molecule has 0 amide bonds. The molecule has 0 saturated heterocycles. The molecule has 0 radical (unpaired) electrons. The lowest BCUT2D eigenvalue weighted by Crippen LogP contribution is -1.78. The van der Waals surface area contributed by atoms with E-state index in [2.05, 4.69) is 4.98 Å². The van der Waals surface area contributed by atoms with E-state index in [9.17, 15) is 0 Å². The Morgan fingerprint density at radius 3 is 2.75 bits per heavy atom. The summed E-state index contributed by atoms with van der Waals surface area (Å²) in [5.41, 5.74) is 0.756. The zero-order valence-corrected chi connectivity index (χ0v) is 7.60. The van der Waals surface area contributed by atoms with Gasteiger partial charge in [-0.2, -0.15) is 0 Å². The molecule has 0 atom stereocenters. The van der Waals surface area contributed by atoms with Crippen molar-refractivity contribution in [3.8, 4) is 0 Å². The molecule has 3 heteroatoms. The summed E-state index contributed by atoms with van der Waals surface area (Å²) in [6.45, 7) is 0. The Morgan fingerprint density at radius 2 is 1.92 bits per heavy atom. The van der Waals surface area contributed by atoms with Gasteiger partial charge in [0.25, 0.3) is 0 Å². The summed E-state index contributed by atoms with van der Waals surface area (Å²) >= 11 is 11.7. The van der Waals surface area contributed by atoms with E-state index in [1.54, 1.807) is 12.3 Å². The Labute approximate surface area is 79.9 Å². The average molecular weight is 198 g/mol. The van der Waals surface area contributed by atoms with Crippen molar-refractivity contribution < 1.29 is 0 Å². The number of aromatic nitrogens is 1. The second-order valence-electron chi connectivity index (χ2n) is 2.44. The lowest BCUT2D eigenvalue weighted by molar-refractivity contribution is 1.41. The van der Waals surface area contributed by atoms with E-state index in [1.807, 2.05) is 18.2 Å². The normalized spacial score (nSPS) is 10.5. The minimum atomic E-state index is 0.523. The topological polar surface area (TPSA) is 12.9 Å². The molecule has 1 aromatic carbocycles. The highest BCUT2D eigenvalue weighted by Gasteiger charge is 2.02. The van der Waals surface area contributed by atoms with Crippen molar-refractivity contribution in [2.24, 2.45) is 0 Å². The van der Waals surface area contributed by atoms with E-state index in [1.165, 1.54) is 0 Å². The molecular weight excluding hydrogens is 193 g/mol. The molecule has 0 aliphatic rings. The van der Waals surface area contributed by atoms with Gasteiger partial charge in [0.2, 0.25) is 0 Å². The molecule has 0 N–H and O–H groups in total. The van der Waals surface area contributed by atoms with Crippen LogP contribution in [0, 0.1) is 0 Å². The number of nitrogens with zero attached hydrogens (tertiary/aromatic N) is 1. The van der Waals surface area contributed by atoms with Crippen molar-refractivity contribution in [2.45, 2.75) is 0 Å². The summed E-state index contributed by atoms with van der Waals surface area (Å²) in [5.74, 6) is 0. The van der Waals surface area contributed by atoms with Gasteiger partial charge in [0.05, 0.1) is 15.6 Å². The van der Waals surface area contributed by atoms with Gasteiger partial charge in [0.15, 0.2) is 0 Å². The van der Waals surface area contributed by atoms with Gasteiger partial charge in [-0.1, -0.05) is 35.3 Å².